The quantitative estimate of drug-likeness (QED) is 0.773. The number of nitrogens with zero attached hydrogens (tertiary/aromatic N) is 1. The number of rotatable bonds is 7. The molecule has 1 amide bonds. The maximum atomic E-state index is 12.3. The van der Waals surface area contributed by atoms with E-state index in [1.54, 1.807) is 0 Å². The Morgan fingerprint density at radius 1 is 1.18 bits per heavy atom. The van der Waals surface area contributed by atoms with Crippen molar-refractivity contribution < 1.29 is 14.6 Å². The summed E-state index contributed by atoms with van der Waals surface area (Å²) in [6, 6.07) is 15.6. The predicted molar refractivity (Wildman–Crippen MR) is 111 cm³/mol. The molecular weight excluding hydrogens is 352 g/mol. The third-order valence-electron chi connectivity index (χ3n) is 5.20. The van der Waals surface area contributed by atoms with Gasteiger partial charge >= 0.3 is 0 Å². The van der Waals surface area contributed by atoms with Crippen molar-refractivity contribution in [2.24, 2.45) is 0 Å². The number of amides is 1. The van der Waals surface area contributed by atoms with Crippen LogP contribution >= 0.6 is 0 Å². The lowest BCUT2D eigenvalue weighted by Crippen LogP contribution is -2.47. The van der Waals surface area contributed by atoms with Gasteiger partial charge in [-0.25, -0.2) is 0 Å². The Bertz CT molecular complexity index is 771. The number of carbonyl (C=O) groups is 1. The van der Waals surface area contributed by atoms with Gasteiger partial charge in [0.2, 0.25) is 0 Å². The van der Waals surface area contributed by atoms with Crippen molar-refractivity contribution in [2.75, 3.05) is 26.2 Å². The van der Waals surface area contributed by atoms with E-state index < -0.39 is 6.10 Å². The number of hydrogen-bond donors (Lipinski definition) is 2. The van der Waals surface area contributed by atoms with Crippen molar-refractivity contribution in [3.05, 3.63) is 65.2 Å². The maximum Gasteiger partial charge on any atom is 0.251 e. The third-order valence-corrected chi connectivity index (χ3v) is 5.20. The van der Waals surface area contributed by atoms with E-state index in [2.05, 4.69) is 16.3 Å². The summed E-state index contributed by atoms with van der Waals surface area (Å²) in [6.45, 7) is 6.64. The first-order valence-electron chi connectivity index (χ1n) is 9.97. The first kappa shape index (κ1) is 20.4. The Hall–Kier alpha value is -2.37. The minimum absolute atomic E-state index is 0.0130. The van der Waals surface area contributed by atoms with E-state index in [0.717, 1.165) is 42.8 Å². The van der Waals surface area contributed by atoms with Gasteiger partial charge in [-0.05, 0) is 56.0 Å². The summed E-state index contributed by atoms with van der Waals surface area (Å²) < 4.78 is 5.81. The van der Waals surface area contributed by atoms with E-state index in [9.17, 15) is 9.90 Å². The van der Waals surface area contributed by atoms with Gasteiger partial charge < -0.3 is 20.1 Å². The van der Waals surface area contributed by atoms with Crippen LogP contribution < -0.4 is 10.1 Å². The number of β-amino-alcohol motifs (C(OH)–C–C–N with tert-alkyl or cyclic N) is 1. The van der Waals surface area contributed by atoms with Crippen molar-refractivity contribution in [3.63, 3.8) is 0 Å². The van der Waals surface area contributed by atoms with Gasteiger partial charge in [0.1, 0.15) is 18.5 Å². The Balaban J connectivity index is 1.39. The number of aliphatic hydroxyl groups is 1. The summed E-state index contributed by atoms with van der Waals surface area (Å²) in [7, 11) is 0. The molecule has 1 saturated heterocycles. The van der Waals surface area contributed by atoms with Crippen molar-refractivity contribution in [1.82, 2.24) is 10.2 Å². The largest absolute Gasteiger partial charge is 0.491 e. The van der Waals surface area contributed by atoms with Crippen LogP contribution in [0.15, 0.2) is 48.5 Å². The first-order valence-corrected chi connectivity index (χ1v) is 9.97. The minimum atomic E-state index is -0.532. The first-order chi connectivity index (χ1) is 13.5. The van der Waals surface area contributed by atoms with Crippen LogP contribution in [0.2, 0.25) is 0 Å². The smallest absolute Gasteiger partial charge is 0.251 e. The van der Waals surface area contributed by atoms with E-state index in [4.69, 9.17) is 4.74 Å². The summed E-state index contributed by atoms with van der Waals surface area (Å²) in [5.74, 6) is 0.822. The zero-order valence-corrected chi connectivity index (χ0v) is 16.7. The second kappa shape index (κ2) is 9.71. The van der Waals surface area contributed by atoms with Crippen LogP contribution in [-0.4, -0.2) is 54.3 Å². The van der Waals surface area contributed by atoms with Gasteiger partial charge in [-0.1, -0.05) is 30.3 Å². The number of nitrogens with one attached hydrogen (secondary N) is 1. The fourth-order valence-corrected chi connectivity index (χ4v) is 3.52. The molecule has 2 N–H and O–H groups in total. The molecule has 0 aliphatic carbocycles. The highest BCUT2D eigenvalue weighted by Crippen LogP contribution is 2.19. The van der Waals surface area contributed by atoms with E-state index in [-0.39, 0.29) is 18.6 Å². The van der Waals surface area contributed by atoms with Gasteiger partial charge in [0.05, 0.1) is 0 Å². The highest BCUT2D eigenvalue weighted by Gasteiger charge is 2.22. The van der Waals surface area contributed by atoms with E-state index in [1.807, 2.05) is 56.3 Å². The number of aryl methyl sites for hydroxylation is 2. The molecule has 3 rings (SSSR count). The molecule has 1 heterocycles. The zero-order chi connectivity index (χ0) is 19.9. The molecule has 0 bridgehead atoms. The second-order valence-electron chi connectivity index (χ2n) is 7.65. The molecule has 1 aliphatic heterocycles. The van der Waals surface area contributed by atoms with Gasteiger partial charge in [0.15, 0.2) is 0 Å². The number of benzene rings is 2. The molecule has 2 aromatic carbocycles. The number of likely N-dealkylation sites (tertiary alicyclic amines) is 1. The molecular formula is C23H30N2O3. The van der Waals surface area contributed by atoms with E-state index >= 15 is 0 Å². The topological polar surface area (TPSA) is 61.8 Å². The van der Waals surface area contributed by atoms with Crippen LogP contribution in [0, 0.1) is 13.8 Å². The summed E-state index contributed by atoms with van der Waals surface area (Å²) in [5, 5.41) is 13.5. The minimum Gasteiger partial charge on any atom is -0.491 e. The Labute approximate surface area is 167 Å². The molecule has 0 saturated carbocycles. The van der Waals surface area contributed by atoms with Crippen LogP contribution in [-0.2, 0) is 0 Å². The fraction of sp³-hybridized carbons (Fsp3) is 0.435. The average Bonchev–Trinajstić information content (AvgIpc) is 2.71. The Morgan fingerprint density at radius 2 is 1.89 bits per heavy atom. The van der Waals surface area contributed by atoms with Crippen molar-refractivity contribution in [1.29, 1.82) is 0 Å². The number of hydrogen-bond acceptors (Lipinski definition) is 4. The van der Waals surface area contributed by atoms with Gasteiger partial charge in [-0.3, -0.25) is 4.79 Å². The second-order valence-corrected chi connectivity index (χ2v) is 7.65. The molecule has 28 heavy (non-hydrogen) atoms. The van der Waals surface area contributed by atoms with Crippen LogP contribution in [0.5, 0.6) is 5.75 Å². The summed E-state index contributed by atoms with van der Waals surface area (Å²) in [5.41, 5.74) is 2.92. The molecule has 2 aromatic rings. The summed E-state index contributed by atoms with van der Waals surface area (Å²) in [6.07, 6.45) is 1.25. The molecule has 5 nitrogen and oxygen atoms in total. The summed E-state index contributed by atoms with van der Waals surface area (Å²) in [4.78, 5) is 14.5. The molecule has 0 spiro atoms. The molecule has 1 aliphatic rings. The van der Waals surface area contributed by atoms with Crippen LogP contribution in [0.3, 0.4) is 0 Å². The summed E-state index contributed by atoms with van der Waals surface area (Å²) >= 11 is 0. The Kier molecular flexibility index (Phi) is 7.06. The number of aliphatic hydroxyl groups excluding tert-OH is 1. The third kappa shape index (κ3) is 5.81. The van der Waals surface area contributed by atoms with Crippen LogP contribution in [0.1, 0.15) is 34.3 Å². The lowest BCUT2D eigenvalue weighted by molar-refractivity contribution is 0.0566. The molecule has 5 heteroatoms. The van der Waals surface area contributed by atoms with Crippen molar-refractivity contribution >= 4 is 5.91 Å². The molecule has 0 radical (unpaired) electrons. The molecule has 0 aromatic heterocycles. The lowest BCUT2D eigenvalue weighted by atomic mass is 10.0. The normalized spacial score (nSPS) is 16.5. The van der Waals surface area contributed by atoms with E-state index in [1.165, 1.54) is 0 Å². The van der Waals surface area contributed by atoms with Gasteiger partial charge in [0, 0.05) is 31.2 Å². The molecule has 1 unspecified atom stereocenters. The monoisotopic (exact) mass is 382 g/mol. The van der Waals surface area contributed by atoms with E-state index in [0.29, 0.717) is 12.1 Å². The number of ether oxygens (including phenoxy) is 1. The zero-order valence-electron chi connectivity index (χ0n) is 16.7. The van der Waals surface area contributed by atoms with Gasteiger partial charge in [-0.2, -0.15) is 0 Å². The highest BCUT2D eigenvalue weighted by atomic mass is 16.5. The predicted octanol–water partition coefficient (Wildman–Crippen LogP) is 2.94. The maximum absolute atomic E-state index is 12.3. The SMILES string of the molecule is Cc1ccc(C)c(OCC(O)CN2CCC(NC(=O)c3ccccc3)CC2)c1. The standard InChI is InChI=1S/C23H30N2O3/c1-17-8-9-18(2)22(14-17)28-16-21(26)15-25-12-10-20(11-13-25)24-23(27)19-6-4-3-5-7-19/h3-9,14,20-21,26H,10-13,15-16H2,1-2H3,(H,24,27). The van der Waals surface area contributed by atoms with Gasteiger partial charge in [0.25, 0.3) is 5.91 Å². The molecule has 1 fully saturated rings. The van der Waals surface area contributed by atoms with Crippen LogP contribution in [0.25, 0.3) is 0 Å². The fourth-order valence-electron chi connectivity index (χ4n) is 3.52. The molecule has 150 valence electrons. The van der Waals surface area contributed by atoms with Crippen molar-refractivity contribution in [3.8, 4) is 5.75 Å². The van der Waals surface area contributed by atoms with Crippen molar-refractivity contribution in [2.45, 2.75) is 38.8 Å². The number of carbonyl (C=O) groups excluding carboxylic acids is 1. The average molecular weight is 383 g/mol. The van der Waals surface area contributed by atoms with Gasteiger partial charge in [-0.15, -0.1) is 0 Å². The molecule has 1 atom stereocenters. The number of piperidine rings is 1. The van der Waals surface area contributed by atoms with Crippen LogP contribution in [0.4, 0.5) is 0 Å². The Morgan fingerprint density at radius 3 is 2.61 bits per heavy atom. The highest BCUT2D eigenvalue weighted by molar-refractivity contribution is 5.94. The lowest BCUT2D eigenvalue weighted by Gasteiger charge is -2.33.